The van der Waals surface area contributed by atoms with E-state index in [1.54, 1.807) is 13.0 Å². The van der Waals surface area contributed by atoms with Gasteiger partial charge in [0.25, 0.3) is 0 Å². The molecule has 5 heteroatoms. The zero-order valence-electron chi connectivity index (χ0n) is 10.6. The number of H-pyrrole nitrogens is 1. The van der Waals surface area contributed by atoms with E-state index in [2.05, 4.69) is 10.2 Å². The Morgan fingerprint density at radius 3 is 2.74 bits per heavy atom. The van der Waals surface area contributed by atoms with Crippen molar-refractivity contribution in [2.45, 2.75) is 19.8 Å². The van der Waals surface area contributed by atoms with Gasteiger partial charge in [-0.1, -0.05) is 23.7 Å². The highest BCUT2D eigenvalue weighted by molar-refractivity contribution is 6.30. The van der Waals surface area contributed by atoms with Crippen molar-refractivity contribution < 1.29 is 9.53 Å². The van der Waals surface area contributed by atoms with Crippen LogP contribution in [0.25, 0.3) is 0 Å². The minimum Gasteiger partial charge on any atom is -0.461 e. The number of benzene rings is 1. The van der Waals surface area contributed by atoms with Crippen LogP contribution < -0.4 is 0 Å². The van der Waals surface area contributed by atoms with E-state index in [1.165, 1.54) is 5.56 Å². The number of hydrogen-bond donors (Lipinski definition) is 1. The molecule has 0 radical (unpaired) electrons. The number of esters is 1. The summed E-state index contributed by atoms with van der Waals surface area (Å²) in [6.07, 6.45) is 1.65. The van der Waals surface area contributed by atoms with Crippen molar-refractivity contribution in [3.63, 3.8) is 0 Å². The smallest absolute Gasteiger partial charge is 0.358 e. The Hall–Kier alpha value is -1.81. The predicted molar refractivity (Wildman–Crippen MR) is 73.4 cm³/mol. The maximum absolute atomic E-state index is 11.5. The van der Waals surface area contributed by atoms with E-state index >= 15 is 0 Å². The first-order valence-corrected chi connectivity index (χ1v) is 6.52. The molecule has 19 heavy (non-hydrogen) atoms. The molecular formula is C14H15ClN2O2. The number of aromatic nitrogens is 2. The fourth-order valence-corrected chi connectivity index (χ4v) is 1.86. The number of carbonyl (C=O) groups excluding carboxylic acids is 1. The lowest BCUT2D eigenvalue weighted by atomic mass is 10.1. The van der Waals surface area contributed by atoms with Gasteiger partial charge in [0.1, 0.15) is 0 Å². The van der Waals surface area contributed by atoms with E-state index < -0.39 is 5.97 Å². The Morgan fingerprint density at radius 1 is 1.32 bits per heavy atom. The number of halogens is 1. The molecule has 0 aliphatic heterocycles. The van der Waals surface area contributed by atoms with E-state index in [1.807, 2.05) is 24.3 Å². The van der Waals surface area contributed by atoms with Crippen LogP contribution in [0.15, 0.2) is 30.3 Å². The Labute approximate surface area is 116 Å². The molecule has 0 atom stereocenters. The van der Waals surface area contributed by atoms with Crippen molar-refractivity contribution >= 4 is 17.6 Å². The summed E-state index contributed by atoms with van der Waals surface area (Å²) >= 11 is 5.83. The van der Waals surface area contributed by atoms with Crippen molar-refractivity contribution in [1.82, 2.24) is 10.2 Å². The average molecular weight is 279 g/mol. The zero-order chi connectivity index (χ0) is 13.7. The van der Waals surface area contributed by atoms with Crippen molar-refractivity contribution in [3.05, 3.63) is 52.3 Å². The second-order valence-corrected chi connectivity index (χ2v) is 4.56. The van der Waals surface area contributed by atoms with E-state index in [4.69, 9.17) is 16.3 Å². The van der Waals surface area contributed by atoms with Gasteiger partial charge in [0.15, 0.2) is 5.69 Å². The fraction of sp³-hybridized carbons (Fsp3) is 0.286. The quantitative estimate of drug-likeness (QED) is 0.856. The van der Waals surface area contributed by atoms with Crippen LogP contribution in [-0.4, -0.2) is 22.8 Å². The summed E-state index contributed by atoms with van der Waals surface area (Å²) in [5, 5.41) is 7.52. The van der Waals surface area contributed by atoms with Gasteiger partial charge in [0.05, 0.1) is 6.61 Å². The van der Waals surface area contributed by atoms with Crippen LogP contribution in [0.4, 0.5) is 0 Å². The minimum atomic E-state index is -0.392. The number of nitrogens with one attached hydrogen (secondary N) is 1. The van der Waals surface area contributed by atoms with E-state index in [-0.39, 0.29) is 0 Å². The number of nitrogens with zero attached hydrogens (tertiary/aromatic N) is 1. The maximum Gasteiger partial charge on any atom is 0.358 e. The highest BCUT2D eigenvalue weighted by Crippen LogP contribution is 2.12. The lowest BCUT2D eigenvalue weighted by molar-refractivity contribution is 0.0519. The van der Waals surface area contributed by atoms with Gasteiger partial charge in [-0.3, -0.25) is 5.10 Å². The van der Waals surface area contributed by atoms with E-state index in [0.717, 1.165) is 23.6 Å². The molecule has 0 fully saturated rings. The van der Waals surface area contributed by atoms with Crippen LogP contribution in [0.2, 0.25) is 5.02 Å². The van der Waals surface area contributed by atoms with Crippen LogP contribution in [0.3, 0.4) is 0 Å². The second-order valence-electron chi connectivity index (χ2n) is 4.13. The number of aryl methyl sites for hydroxylation is 2. The summed E-state index contributed by atoms with van der Waals surface area (Å²) in [6.45, 7) is 2.12. The molecular weight excluding hydrogens is 264 g/mol. The highest BCUT2D eigenvalue weighted by atomic mass is 35.5. The molecule has 0 saturated heterocycles. The third-order valence-electron chi connectivity index (χ3n) is 2.71. The molecule has 4 nitrogen and oxygen atoms in total. The molecule has 100 valence electrons. The van der Waals surface area contributed by atoms with Crippen LogP contribution in [0.5, 0.6) is 0 Å². The first-order chi connectivity index (χ1) is 9.19. The number of carbonyl (C=O) groups is 1. The summed E-state index contributed by atoms with van der Waals surface area (Å²) in [7, 11) is 0. The lowest BCUT2D eigenvalue weighted by Gasteiger charge is -1.99. The lowest BCUT2D eigenvalue weighted by Crippen LogP contribution is -2.04. The Morgan fingerprint density at radius 2 is 2.05 bits per heavy atom. The first-order valence-electron chi connectivity index (χ1n) is 6.15. The Balaban J connectivity index is 1.93. The molecule has 0 aliphatic carbocycles. The van der Waals surface area contributed by atoms with Gasteiger partial charge in [0, 0.05) is 10.7 Å². The van der Waals surface area contributed by atoms with Gasteiger partial charge >= 0.3 is 5.97 Å². The topological polar surface area (TPSA) is 55.0 Å². The predicted octanol–water partition coefficient (Wildman–Crippen LogP) is 3.03. The number of ether oxygens (including phenoxy) is 1. The minimum absolute atomic E-state index is 0.327. The number of rotatable bonds is 5. The van der Waals surface area contributed by atoms with E-state index in [9.17, 15) is 4.79 Å². The molecule has 0 spiro atoms. The van der Waals surface area contributed by atoms with Gasteiger partial charge < -0.3 is 4.74 Å². The molecule has 2 rings (SSSR count). The molecule has 1 aromatic carbocycles. The molecule has 0 unspecified atom stereocenters. The molecule has 1 aromatic heterocycles. The largest absolute Gasteiger partial charge is 0.461 e. The summed E-state index contributed by atoms with van der Waals surface area (Å²) in [5.74, 6) is -0.392. The summed E-state index contributed by atoms with van der Waals surface area (Å²) in [6, 6.07) is 9.45. The zero-order valence-corrected chi connectivity index (χ0v) is 11.4. The maximum atomic E-state index is 11.5. The molecule has 0 amide bonds. The molecule has 0 bridgehead atoms. The summed E-state index contributed by atoms with van der Waals surface area (Å²) in [5.41, 5.74) is 2.43. The third-order valence-corrected chi connectivity index (χ3v) is 2.96. The third kappa shape index (κ3) is 3.83. The molecule has 1 heterocycles. The molecule has 2 aromatic rings. The first kappa shape index (κ1) is 13.6. The van der Waals surface area contributed by atoms with Gasteiger partial charge in [-0.05, 0) is 43.5 Å². The fourth-order valence-electron chi connectivity index (χ4n) is 1.73. The van der Waals surface area contributed by atoms with E-state index in [0.29, 0.717) is 12.3 Å². The second kappa shape index (κ2) is 6.38. The molecule has 1 N–H and O–H groups in total. The van der Waals surface area contributed by atoms with Crippen molar-refractivity contribution in [3.8, 4) is 0 Å². The monoisotopic (exact) mass is 278 g/mol. The molecule has 0 saturated carbocycles. The normalized spacial score (nSPS) is 10.4. The highest BCUT2D eigenvalue weighted by Gasteiger charge is 2.10. The van der Waals surface area contributed by atoms with Gasteiger partial charge in [-0.2, -0.15) is 5.10 Å². The number of aromatic amines is 1. The Kier molecular flexibility index (Phi) is 4.58. The van der Waals surface area contributed by atoms with Crippen LogP contribution >= 0.6 is 11.6 Å². The van der Waals surface area contributed by atoms with Gasteiger partial charge in [0.2, 0.25) is 0 Å². The average Bonchev–Trinajstić information content (AvgIpc) is 2.87. The molecule has 0 aliphatic rings. The van der Waals surface area contributed by atoms with Crippen molar-refractivity contribution in [2.24, 2.45) is 0 Å². The SMILES string of the molecule is CCOC(=O)c1cc(CCc2ccc(Cl)cc2)[nH]n1. The van der Waals surface area contributed by atoms with Gasteiger partial charge in [-0.15, -0.1) is 0 Å². The Bertz CT molecular complexity index is 549. The van der Waals surface area contributed by atoms with Crippen LogP contribution in [0, 0.1) is 0 Å². The van der Waals surface area contributed by atoms with Crippen molar-refractivity contribution in [2.75, 3.05) is 6.61 Å². The summed E-state index contributed by atoms with van der Waals surface area (Å²) in [4.78, 5) is 11.5. The summed E-state index contributed by atoms with van der Waals surface area (Å²) < 4.78 is 4.88. The van der Waals surface area contributed by atoms with Crippen LogP contribution in [0.1, 0.15) is 28.7 Å². The standard InChI is InChI=1S/C14H15ClN2O2/c1-2-19-14(18)13-9-12(16-17-13)8-5-10-3-6-11(15)7-4-10/h3-4,6-7,9H,2,5,8H2,1H3,(H,16,17). The van der Waals surface area contributed by atoms with Crippen LogP contribution in [-0.2, 0) is 17.6 Å². The van der Waals surface area contributed by atoms with Gasteiger partial charge in [-0.25, -0.2) is 4.79 Å². The van der Waals surface area contributed by atoms with Crippen molar-refractivity contribution in [1.29, 1.82) is 0 Å². The number of hydrogen-bond acceptors (Lipinski definition) is 3.